The third kappa shape index (κ3) is 5.69. The molecule has 5 aromatic rings. The third-order valence-corrected chi connectivity index (χ3v) is 7.04. The monoisotopic (exact) mass is 569 g/mol. The summed E-state index contributed by atoms with van der Waals surface area (Å²) < 4.78 is 9.01. The molecule has 0 bridgehead atoms. The molecular formula is C31H35N7O4. The molecule has 3 N–H and O–H groups in total. The Bertz CT molecular complexity index is 1720. The van der Waals surface area contributed by atoms with E-state index in [9.17, 15) is 15.0 Å². The van der Waals surface area contributed by atoms with Crippen LogP contribution in [0.1, 0.15) is 41.2 Å². The van der Waals surface area contributed by atoms with E-state index in [2.05, 4.69) is 16.5 Å². The lowest BCUT2D eigenvalue weighted by molar-refractivity contribution is 0.0739. The van der Waals surface area contributed by atoms with Gasteiger partial charge in [-0.2, -0.15) is 14.7 Å². The number of hydrogen-bond donors (Lipinski definition) is 3. The molecule has 11 nitrogen and oxygen atoms in total. The number of carbonyl (C=O) groups excluding carboxylic acids is 1. The minimum Gasteiger partial charge on any atom is -0.496 e. The molecule has 0 spiro atoms. The summed E-state index contributed by atoms with van der Waals surface area (Å²) in [6.45, 7) is 5.80. The number of nitrogens with one attached hydrogen (secondary N) is 1. The van der Waals surface area contributed by atoms with E-state index in [-0.39, 0.29) is 19.1 Å². The van der Waals surface area contributed by atoms with Gasteiger partial charge in [-0.1, -0.05) is 18.2 Å². The Balaban J connectivity index is 1.58. The molecule has 2 aromatic carbocycles. The molecule has 0 aliphatic heterocycles. The summed E-state index contributed by atoms with van der Waals surface area (Å²) in [7, 11) is 3.14. The first-order chi connectivity index (χ1) is 20.1. The minimum absolute atomic E-state index is 0.148. The Morgan fingerprint density at radius 3 is 2.64 bits per heavy atom. The smallest absolute Gasteiger partial charge is 0.257 e. The average molecular weight is 570 g/mol. The van der Waals surface area contributed by atoms with Crippen LogP contribution in [0.25, 0.3) is 22.5 Å². The number of nitrogens with zero attached hydrogens (tertiary/aromatic N) is 6. The van der Waals surface area contributed by atoms with Crippen LogP contribution in [0.4, 0.5) is 5.82 Å². The van der Waals surface area contributed by atoms with Gasteiger partial charge in [0.15, 0.2) is 5.65 Å². The number of hydrogen-bond acceptors (Lipinski definition) is 8. The Labute approximate surface area is 244 Å². The topological polar surface area (TPSA) is 130 Å². The van der Waals surface area contributed by atoms with Crippen LogP contribution in [0.3, 0.4) is 0 Å². The standard InChI is InChI=1S/C31H35N7O4/c1-20-28(22-10-11-25(42-5)24(17-22)30(40)36(4)14-15-39)29-34-26(31(2,3)41)18-27(38(29)35-20)32-19-21-8-6-9-23(16-21)37-13-7-12-33-37/h6-13,16-18,32,39,41H,14-15,19H2,1-5H3. The van der Waals surface area contributed by atoms with Gasteiger partial charge in [0.1, 0.15) is 17.2 Å². The summed E-state index contributed by atoms with van der Waals surface area (Å²) in [4.78, 5) is 19.5. The molecule has 0 atom stereocenters. The van der Waals surface area contributed by atoms with Crippen molar-refractivity contribution in [3.63, 3.8) is 0 Å². The van der Waals surface area contributed by atoms with E-state index in [1.807, 2.05) is 43.5 Å². The largest absolute Gasteiger partial charge is 0.496 e. The summed E-state index contributed by atoms with van der Waals surface area (Å²) >= 11 is 0. The molecule has 0 aliphatic rings. The van der Waals surface area contributed by atoms with Crippen molar-refractivity contribution >= 4 is 17.4 Å². The van der Waals surface area contributed by atoms with Crippen LogP contribution >= 0.6 is 0 Å². The Hall–Kier alpha value is -4.74. The zero-order chi connectivity index (χ0) is 30.0. The number of likely N-dealkylation sites (N-methyl/N-ethyl adjacent to an activating group) is 1. The van der Waals surface area contributed by atoms with Gasteiger partial charge >= 0.3 is 0 Å². The van der Waals surface area contributed by atoms with Crippen LogP contribution in [0, 0.1) is 6.92 Å². The number of benzene rings is 2. The van der Waals surface area contributed by atoms with E-state index < -0.39 is 5.60 Å². The second-order valence-electron chi connectivity index (χ2n) is 10.6. The molecule has 42 heavy (non-hydrogen) atoms. The Kier molecular flexibility index (Phi) is 7.97. The van der Waals surface area contributed by atoms with Gasteiger partial charge in [0.25, 0.3) is 5.91 Å². The SMILES string of the molecule is COc1ccc(-c2c(C)nn3c(NCc4cccc(-n5cccn5)c4)cc(C(C)(C)O)nc23)cc1C(=O)N(C)CCO. The second kappa shape index (κ2) is 11.6. The third-order valence-electron chi connectivity index (χ3n) is 7.04. The number of amides is 1. The fourth-order valence-corrected chi connectivity index (χ4v) is 4.81. The minimum atomic E-state index is -1.22. The molecule has 0 aliphatic carbocycles. The van der Waals surface area contributed by atoms with Crippen LogP contribution in [-0.2, 0) is 12.1 Å². The van der Waals surface area contributed by atoms with Crippen molar-refractivity contribution < 1.29 is 19.7 Å². The summed E-state index contributed by atoms with van der Waals surface area (Å²) in [5.41, 5.74) is 4.28. The molecule has 0 unspecified atom stereocenters. The summed E-state index contributed by atoms with van der Waals surface area (Å²) in [5, 5.41) is 32.9. The van der Waals surface area contributed by atoms with Crippen LogP contribution in [0.5, 0.6) is 5.75 Å². The highest BCUT2D eigenvalue weighted by atomic mass is 16.5. The predicted octanol–water partition coefficient (Wildman–Crippen LogP) is 3.80. The lowest BCUT2D eigenvalue weighted by Crippen LogP contribution is -2.29. The highest BCUT2D eigenvalue weighted by Crippen LogP contribution is 2.34. The van der Waals surface area contributed by atoms with E-state index in [1.165, 1.54) is 12.0 Å². The van der Waals surface area contributed by atoms with Crippen molar-refractivity contribution in [3.8, 4) is 22.6 Å². The van der Waals surface area contributed by atoms with E-state index in [0.29, 0.717) is 40.7 Å². The van der Waals surface area contributed by atoms with Gasteiger partial charge in [0.2, 0.25) is 0 Å². The fraction of sp³-hybridized carbons (Fsp3) is 0.290. The number of fused-ring (bicyclic) bond motifs is 1. The first kappa shape index (κ1) is 28.8. The zero-order valence-electron chi connectivity index (χ0n) is 24.4. The molecule has 1 amide bonds. The van der Waals surface area contributed by atoms with E-state index in [0.717, 1.165) is 22.4 Å². The molecule has 218 valence electrons. The van der Waals surface area contributed by atoms with Gasteiger partial charge in [-0.3, -0.25) is 4.79 Å². The van der Waals surface area contributed by atoms with Gasteiger partial charge in [0.05, 0.1) is 36.4 Å². The molecular weight excluding hydrogens is 534 g/mol. The lowest BCUT2D eigenvalue weighted by atomic mass is 10.0. The van der Waals surface area contributed by atoms with Gasteiger partial charge < -0.3 is 25.2 Å². The second-order valence-corrected chi connectivity index (χ2v) is 10.6. The summed E-state index contributed by atoms with van der Waals surface area (Å²) in [5.74, 6) is 0.803. The molecule has 0 fully saturated rings. The van der Waals surface area contributed by atoms with Crippen LogP contribution < -0.4 is 10.1 Å². The Morgan fingerprint density at radius 2 is 1.95 bits per heavy atom. The van der Waals surface area contributed by atoms with Gasteiger partial charge in [-0.15, -0.1) is 0 Å². The van der Waals surface area contributed by atoms with E-state index >= 15 is 0 Å². The molecule has 0 radical (unpaired) electrons. The van der Waals surface area contributed by atoms with Gasteiger partial charge in [-0.05, 0) is 62.2 Å². The van der Waals surface area contributed by atoms with E-state index in [4.69, 9.17) is 14.8 Å². The number of rotatable bonds is 10. The van der Waals surface area contributed by atoms with Crippen molar-refractivity contribution in [2.75, 3.05) is 32.6 Å². The van der Waals surface area contributed by atoms with Crippen LogP contribution in [0.2, 0.25) is 0 Å². The first-order valence-corrected chi connectivity index (χ1v) is 13.6. The van der Waals surface area contributed by atoms with Gasteiger partial charge in [0, 0.05) is 44.2 Å². The first-order valence-electron chi connectivity index (χ1n) is 13.6. The van der Waals surface area contributed by atoms with Crippen molar-refractivity contribution in [2.24, 2.45) is 0 Å². The van der Waals surface area contributed by atoms with Crippen LogP contribution in [0.15, 0.2) is 67.0 Å². The number of ether oxygens (including phenoxy) is 1. The number of carbonyl (C=O) groups is 1. The summed E-state index contributed by atoms with van der Waals surface area (Å²) in [6.07, 6.45) is 3.63. The Morgan fingerprint density at radius 1 is 1.14 bits per heavy atom. The van der Waals surface area contributed by atoms with Gasteiger partial charge in [-0.25, -0.2) is 9.67 Å². The lowest BCUT2D eigenvalue weighted by Gasteiger charge is -2.19. The molecule has 5 rings (SSSR count). The highest BCUT2D eigenvalue weighted by Gasteiger charge is 2.25. The van der Waals surface area contributed by atoms with Crippen molar-refractivity contribution in [3.05, 3.63) is 89.5 Å². The normalized spacial score (nSPS) is 11.6. The zero-order valence-corrected chi connectivity index (χ0v) is 24.4. The molecule has 3 heterocycles. The van der Waals surface area contributed by atoms with Crippen molar-refractivity contribution in [2.45, 2.75) is 32.9 Å². The fourth-order valence-electron chi connectivity index (χ4n) is 4.81. The van der Waals surface area contributed by atoms with Crippen LogP contribution in [-0.4, -0.2) is 72.7 Å². The number of aryl methyl sites for hydroxylation is 1. The van der Waals surface area contributed by atoms with Crippen molar-refractivity contribution in [1.29, 1.82) is 0 Å². The number of anilines is 1. The molecule has 0 saturated carbocycles. The number of aliphatic hydroxyl groups excluding tert-OH is 1. The maximum Gasteiger partial charge on any atom is 0.257 e. The average Bonchev–Trinajstić information content (AvgIpc) is 3.63. The molecule has 3 aromatic heterocycles. The van der Waals surface area contributed by atoms with E-state index in [1.54, 1.807) is 54.5 Å². The quantitative estimate of drug-likeness (QED) is 0.232. The summed E-state index contributed by atoms with van der Waals surface area (Å²) in [6, 6.07) is 17.1. The molecule has 11 heteroatoms. The predicted molar refractivity (Wildman–Crippen MR) is 160 cm³/mol. The maximum absolute atomic E-state index is 13.2. The number of aliphatic hydroxyl groups is 2. The highest BCUT2D eigenvalue weighted by molar-refractivity contribution is 5.99. The maximum atomic E-state index is 13.2. The molecule has 0 saturated heterocycles. The van der Waals surface area contributed by atoms with Crippen molar-refractivity contribution in [1.82, 2.24) is 29.3 Å². The number of aromatic nitrogens is 5. The number of methoxy groups -OCH3 is 1.